The Morgan fingerprint density at radius 2 is 2.38 bits per heavy atom. The van der Waals surface area contributed by atoms with Crippen molar-refractivity contribution in [1.29, 1.82) is 0 Å². The number of unbranched alkanes of at least 4 members (excludes halogenated alkanes) is 1. The Bertz CT molecular complexity index is 680. The van der Waals surface area contributed by atoms with Crippen LogP contribution in [0.15, 0.2) is 16.9 Å². The first-order valence-corrected chi connectivity index (χ1v) is 8.53. The number of nitrogens with zero attached hydrogens (tertiary/aromatic N) is 5. The Morgan fingerprint density at radius 1 is 1.50 bits per heavy atom. The Balaban J connectivity index is 1.63. The summed E-state index contributed by atoms with van der Waals surface area (Å²) in [6.45, 7) is 5.63. The second-order valence-electron chi connectivity index (χ2n) is 6.28. The van der Waals surface area contributed by atoms with Gasteiger partial charge < -0.3 is 14.8 Å². The number of hydrogen-bond acceptors (Lipinski definition) is 6. The van der Waals surface area contributed by atoms with Crippen LogP contribution in [0.4, 0.5) is 0 Å². The number of aryl methyl sites for hydroxylation is 1. The van der Waals surface area contributed by atoms with Gasteiger partial charge in [-0.1, -0.05) is 18.5 Å². The lowest BCUT2D eigenvalue weighted by Crippen LogP contribution is -2.35. The van der Waals surface area contributed by atoms with Crippen molar-refractivity contribution >= 4 is 5.91 Å². The molecule has 2 N–H and O–H groups in total. The van der Waals surface area contributed by atoms with E-state index < -0.39 is 5.91 Å². The molecule has 8 heteroatoms. The Morgan fingerprint density at radius 3 is 3.12 bits per heavy atom. The van der Waals surface area contributed by atoms with Crippen LogP contribution >= 0.6 is 0 Å². The zero-order valence-electron chi connectivity index (χ0n) is 14.0. The smallest absolute Gasteiger partial charge is 0.290 e. The molecule has 2 aromatic heterocycles. The number of rotatable bonds is 7. The zero-order valence-corrected chi connectivity index (χ0v) is 14.0. The van der Waals surface area contributed by atoms with Gasteiger partial charge in [0.2, 0.25) is 5.89 Å². The fourth-order valence-corrected chi connectivity index (χ4v) is 3.22. The number of amides is 1. The number of aromatic nitrogens is 4. The summed E-state index contributed by atoms with van der Waals surface area (Å²) in [6.07, 6.45) is 8.53. The van der Waals surface area contributed by atoms with Crippen molar-refractivity contribution in [3.05, 3.63) is 29.9 Å². The third-order valence-electron chi connectivity index (χ3n) is 4.42. The largest absolute Gasteiger partial charge is 0.363 e. The highest BCUT2D eigenvalue weighted by Gasteiger charge is 2.26. The normalized spacial score (nSPS) is 18.8. The molecule has 1 fully saturated rings. The van der Waals surface area contributed by atoms with E-state index in [1.807, 2.05) is 6.20 Å². The van der Waals surface area contributed by atoms with Crippen molar-refractivity contribution in [1.82, 2.24) is 24.6 Å². The van der Waals surface area contributed by atoms with Gasteiger partial charge >= 0.3 is 0 Å². The van der Waals surface area contributed by atoms with Crippen LogP contribution in [-0.2, 0) is 13.1 Å². The molecule has 0 saturated carbocycles. The van der Waals surface area contributed by atoms with Gasteiger partial charge in [-0.15, -0.1) is 0 Å². The van der Waals surface area contributed by atoms with Crippen molar-refractivity contribution in [3.63, 3.8) is 0 Å². The van der Waals surface area contributed by atoms with E-state index in [1.165, 1.54) is 6.42 Å². The van der Waals surface area contributed by atoms with Crippen molar-refractivity contribution in [2.24, 2.45) is 5.73 Å². The molecule has 3 rings (SSSR count). The summed E-state index contributed by atoms with van der Waals surface area (Å²) in [5.74, 6) is 1.27. The second kappa shape index (κ2) is 7.57. The first-order chi connectivity index (χ1) is 11.7. The fraction of sp³-hybridized carbons (Fsp3) is 0.625. The van der Waals surface area contributed by atoms with Crippen LogP contribution in [0.1, 0.15) is 60.9 Å². The van der Waals surface area contributed by atoms with Gasteiger partial charge in [0, 0.05) is 31.4 Å². The minimum atomic E-state index is -0.667. The summed E-state index contributed by atoms with van der Waals surface area (Å²) in [6, 6.07) is 0. The average Bonchev–Trinajstić information content (AvgIpc) is 3.22. The second-order valence-corrected chi connectivity index (χ2v) is 6.28. The Labute approximate surface area is 141 Å². The third kappa shape index (κ3) is 3.81. The standard InChI is InChI=1S/C16H24N6O2/c1-2-3-8-22-9-6-18-16(22)12-5-4-7-21(10-12)11-13-19-15(14(17)23)20-24-13/h6,9,12H,2-5,7-8,10-11H2,1H3,(H2,17,23). The molecular formula is C16H24N6O2. The molecule has 1 aliphatic heterocycles. The molecule has 0 aliphatic carbocycles. The molecule has 8 nitrogen and oxygen atoms in total. The summed E-state index contributed by atoms with van der Waals surface area (Å²) >= 11 is 0. The van der Waals surface area contributed by atoms with Gasteiger partial charge in [-0.3, -0.25) is 9.69 Å². The van der Waals surface area contributed by atoms with Crippen LogP contribution in [0.3, 0.4) is 0 Å². The number of carbonyl (C=O) groups excluding carboxylic acids is 1. The zero-order chi connectivity index (χ0) is 16.9. The van der Waals surface area contributed by atoms with Crippen LogP contribution in [0.5, 0.6) is 0 Å². The van der Waals surface area contributed by atoms with E-state index in [-0.39, 0.29) is 5.82 Å². The summed E-state index contributed by atoms with van der Waals surface area (Å²) in [7, 11) is 0. The maximum absolute atomic E-state index is 11.1. The fourth-order valence-electron chi connectivity index (χ4n) is 3.22. The van der Waals surface area contributed by atoms with Gasteiger partial charge in [-0.05, 0) is 25.8 Å². The van der Waals surface area contributed by atoms with Crippen molar-refractivity contribution in [2.75, 3.05) is 13.1 Å². The lowest BCUT2D eigenvalue weighted by atomic mass is 9.97. The molecule has 24 heavy (non-hydrogen) atoms. The molecule has 0 bridgehead atoms. The van der Waals surface area contributed by atoms with Gasteiger partial charge in [0.15, 0.2) is 0 Å². The predicted molar refractivity (Wildman–Crippen MR) is 87.2 cm³/mol. The predicted octanol–water partition coefficient (Wildman–Crippen LogP) is 1.54. The highest BCUT2D eigenvalue weighted by Crippen LogP contribution is 2.26. The van der Waals surface area contributed by atoms with Crippen molar-refractivity contribution in [3.8, 4) is 0 Å². The molecule has 3 heterocycles. The van der Waals surface area contributed by atoms with Gasteiger partial charge in [0.25, 0.3) is 11.7 Å². The van der Waals surface area contributed by atoms with Gasteiger partial charge in [0.05, 0.1) is 6.54 Å². The van der Waals surface area contributed by atoms with Crippen LogP contribution in [0.2, 0.25) is 0 Å². The maximum Gasteiger partial charge on any atom is 0.290 e. The molecule has 1 saturated heterocycles. The highest BCUT2D eigenvalue weighted by molar-refractivity contribution is 5.88. The quantitative estimate of drug-likeness (QED) is 0.825. The lowest BCUT2D eigenvalue weighted by Gasteiger charge is -2.31. The molecule has 1 unspecified atom stereocenters. The molecule has 1 atom stereocenters. The number of carbonyl (C=O) groups is 1. The number of likely N-dealkylation sites (tertiary alicyclic amines) is 1. The topological polar surface area (TPSA) is 103 Å². The molecule has 0 spiro atoms. The third-order valence-corrected chi connectivity index (χ3v) is 4.42. The maximum atomic E-state index is 11.1. The first-order valence-electron chi connectivity index (χ1n) is 8.53. The van der Waals surface area contributed by atoms with Crippen molar-refractivity contribution < 1.29 is 9.32 Å². The molecule has 1 amide bonds. The van der Waals surface area contributed by atoms with Gasteiger partial charge in [-0.2, -0.15) is 4.98 Å². The highest BCUT2D eigenvalue weighted by atomic mass is 16.5. The van der Waals surface area contributed by atoms with E-state index >= 15 is 0 Å². The minimum absolute atomic E-state index is 0.0614. The van der Waals surface area contributed by atoms with Crippen LogP contribution < -0.4 is 5.73 Å². The van der Waals surface area contributed by atoms with Crippen LogP contribution in [0.25, 0.3) is 0 Å². The lowest BCUT2D eigenvalue weighted by molar-refractivity contribution is 0.0987. The van der Waals surface area contributed by atoms with E-state index in [0.717, 1.165) is 44.7 Å². The van der Waals surface area contributed by atoms with Gasteiger partial charge in [-0.25, -0.2) is 4.98 Å². The molecule has 130 valence electrons. The first kappa shape index (κ1) is 16.6. The number of hydrogen-bond donors (Lipinski definition) is 1. The van der Waals surface area contributed by atoms with Gasteiger partial charge in [0.1, 0.15) is 5.82 Å². The van der Waals surface area contributed by atoms with Crippen molar-refractivity contribution in [2.45, 2.75) is 51.6 Å². The summed E-state index contributed by atoms with van der Waals surface area (Å²) < 4.78 is 7.38. The van der Waals surface area contributed by atoms with E-state index in [9.17, 15) is 4.79 Å². The number of primary amides is 1. The monoisotopic (exact) mass is 332 g/mol. The van der Waals surface area contributed by atoms with E-state index in [0.29, 0.717) is 18.4 Å². The molecule has 0 radical (unpaired) electrons. The Hall–Kier alpha value is -2.22. The summed E-state index contributed by atoms with van der Waals surface area (Å²) in [4.78, 5) is 21.9. The van der Waals surface area contributed by atoms with E-state index in [1.54, 1.807) is 0 Å². The van der Waals surface area contributed by atoms with Crippen LogP contribution in [0, 0.1) is 0 Å². The Kier molecular flexibility index (Phi) is 5.24. The summed E-state index contributed by atoms with van der Waals surface area (Å²) in [5.41, 5.74) is 5.15. The number of imidazole rings is 1. The molecule has 0 aromatic carbocycles. The number of piperidine rings is 1. The SMILES string of the molecule is CCCCn1ccnc1C1CCCN(Cc2nc(C(N)=O)no2)C1. The average molecular weight is 332 g/mol. The number of nitrogens with two attached hydrogens (primary N) is 1. The summed E-state index contributed by atoms with van der Waals surface area (Å²) in [5, 5.41) is 3.59. The molecule has 1 aliphatic rings. The van der Waals surface area contributed by atoms with E-state index in [2.05, 4.69) is 37.7 Å². The molecular weight excluding hydrogens is 308 g/mol. The van der Waals surface area contributed by atoms with E-state index in [4.69, 9.17) is 10.3 Å². The van der Waals surface area contributed by atoms with Crippen LogP contribution in [-0.4, -0.2) is 43.6 Å². The molecule has 2 aromatic rings. The minimum Gasteiger partial charge on any atom is -0.363 e.